The predicted molar refractivity (Wildman–Crippen MR) is 76.5 cm³/mol. The van der Waals surface area contributed by atoms with Crippen LogP contribution in [0.1, 0.15) is 35.5 Å². The summed E-state index contributed by atoms with van der Waals surface area (Å²) in [5.41, 5.74) is 8.79. The van der Waals surface area contributed by atoms with Crippen molar-refractivity contribution in [2.24, 2.45) is 12.8 Å². The second kappa shape index (κ2) is 5.25. The molecule has 0 unspecified atom stereocenters. The van der Waals surface area contributed by atoms with Crippen molar-refractivity contribution in [3.63, 3.8) is 0 Å². The quantitative estimate of drug-likeness (QED) is 0.936. The fraction of sp³-hybridized carbons (Fsp3) is 0.400. The van der Waals surface area contributed by atoms with Crippen molar-refractivity contribution in [2.45, 2.75) is 33.7 Å². The van der Waals surface area contributed by atoms with Crippen molar-refractivity contribution in [3.05, 3.63) is 40.5 Å². The monoisotopic (exact) mass is 277 g/mol. The van der Waals surface area contributed by atoms with Gasteiger partial charge in [0.1, 0.15) is 17.3 Å². The molecule has 2 rings (SSSR count). The predicted octanol–water partition coefficient (Wildman–Crippen LogP) is 3.30. The van der Waals surface area contributed by atoms with Crippen LogP contribution in [0.25, 0.3) is 0 Å². The molecule has 0 fully saturated rings. The van der Waals surface area contributed by atoms with Gasteiger partial charge < -0.3 is 10.5 Å². The molecule has 1 aromatic carbocycles. The van der Waals surface area contributed by atoms with Crippen LogP contribution in [-0.4, -0.2) is 9.78 Å². The van der Waals surface area contributed by atoms with Crippen molar-refractivity contribution in [3.8, 4) is 11.5 Å². The van der Waals surface area contributed by atoms with Crippen LogP contribution in [-0.2, 0) is 7.05 Å². The minimum atomic E-state index is -0.308. The number of hydrogen-bond acceptors (Lipinski definition) is 3. The number of nitrogens with two attached hydrogens (primary N) is 1. The van der Waals surface area contributed by atoms with Gasteiger partial charge in [-0.05, 0) is 45.4 Å². The van der Waals surface area contributed by atoms with E-state index in [9.17, 15) is 4.39 Å². The van der Waals surface area contributed by atoms with E-state index >= 15 is 0 Å². The Bertz CT molecular complexity index is 647. The van der Waals surface area contributed by atoms with Crippen molar-refractivity contribution in [1.82, 2.24) is 9.78 Å². The molecule has 4 nitrogen and oxygen atoms in total. The third kappa shape index (κ3) is 2.54. The van der Waals surface area contributed by atoms with Gasteiger partial charge >= 0.3 is 0 Å². The summed E-state index contributed by atoms with van der Waals surface area (Å²) in [6, 6.07) is 2.81. The lowest BCUT2D eigenvalue weighted by Gasteiger charge is -2.15. The van der Waals surface area contributed by atoms with Gasteiger partial charge in [0.05, 0.1) is 5.69 Å². The molecular formula is C15H20FN3O. The Balaban J connectivity index is 2.50. The summed E-state index contributed by atoms with van der Waals surface area (Å²) in [5.74, 6) is 1.00. The largest absolute Gasteiger partial charge is 0.453 e. The van der Waals surface area contributed by atoms with E-state index in [1.807, 2.05) is 20.9 Å². The van der Waals surface area contributed by atoms with Crippen LogP contribution >= 0.6 is 0 Å². The second-order valence-electron chi connectivity index (χ2n) is 5.15. The van der Waals surface area contributed by atoms with Crippen molar-refractivity contribution >= 4 is 0 Å². The molecule has 1 aromatic heterocycles. The number of aromatic nitrogens is 2. The minimum Gasteiger partial charge on any atom is -0.453 e. The van der Waals surface area contributed by atoms with Gasteiger partial charge in [0, 0.05) is 18.7 Å². The molecule has 108 valence electrons. The molecule has 2 N–H and O–H groups in total. The second-order valence-corrected chi connectivity index (χ2v) is 5.15. The van der Waals surface area contributed by atoms with E-state index in [-0.39, 0.29) is 11.9 Å². The Morgan fingerprint density at radius 3 is 2.45 bits per heavy atom. The summed E-state index contributed by atoms with van der Waals surface area (Å²) in [7, 11) is 1.86. The van der Waals surface area contributed by atoms with Crippen LogP contribution in [0.15, 0.2) is 12.1 Å². The van der Waals surface area contributed by atoms with Crippen LogP contribution < -0.4 is 10.5 Å². The van der Waals surface area contributed by atoms with E-state index in [4.69, 9.17) is 10.5 Å². The third-order valence-electron chi connectivity index (χ3n) is 3.44. The van der Waals surface area contributed by atoms with Gasteiger partial charge in [0.15, 0.2) is 5.75 Å². The zero-order valence-electron chi connectivity index (χ0n) is 12.5. The first-order valence-electron chi connectivity index (χ1n) is 6.55. The Labute approximate surface area is 118 Å². The minimum absolute atomic E-state index is 0.274. The number of halogens is 1. The molecule has 0 aliphatic rings. The lowest BCUT2D eigenvalue weighted by Crippen LogP contribution is -2.08. The molecule has 0 saturated heterocycles. The molecule has 0 radical (unpaired) electrons. The zero-order valence-corrected chi connectivity index (χ0v) is 12.5. The van der Waals surface area contributed by atoms with E-state index in [1.165, 1.54) is 6.07 Å². The summed E-state index contributed by atoms with van der Waals surface area (Å²) in [6.45, 7) is 7.32. The van der Waals surface area contributed by atoms with E-state index in [2.05, 4.69) is 5.10 Å². The molecule has 1 heterocycles. The number of ether oxygens (including phenoxy) is 1. The summed E-state index contributed by atoms with van der Waals surface area (Å²) in [4.78, 5) is 0. The molecule has 0 spiro atoms. The summed E-state index contributed by atoms with van der Waals surface area (Å²) < 4.78 is 21.4. The molecule has 0 saturated carbocycles. The first-order chi connectivity index (χ1) is 9.31. The number of nitrogens with zero attached hydrogens (tertiary/aromatic N) is 2. The molecule has 0 aliphatic heterocycles. The molecule has 2 aromatic rings. The van der Waals surface area contributed by atoms with Crippen LogP contribution in [0.4, 0.5) is 4.39 Å². The van der Waals surface area contributed by atoms with Gasteiger partial charge in [-0.2, -0.15) is 5.10 Å². The third-order valence-corrected chi connectivity index (χ3v) is 3.44. The van der Waals surface area contributed by atoms with Gasteiger partial charge in [-0.25, -0.2) is 4.39 Å². The number of benzene rings is 1. The van der Waals surface area contributed by atoms with Gasteiger partial charge in [-0.1, -0.05) is 0 Å². The summed E-state index contributed by atoms with van der Waals surface area (Å²) >= 11 is 0. The maximum absolute atomic E-state index is 13.7. The number of rotatable bonds is 3. The van der Waals surface area contributed by atoms with Gasteiger partial charge in [-0.3, -0.25) is 4.68 Å². The summed E-state index contributed by atoms with van der Waals surface area (Å²) in [5, 5.41) is 4.31. The standard InChI is InChI=1S/C15H20FN3O/c1-8-6-14(12(9(2)17)7-13(8)16)20-15-10(3)18-19(5)11(15)4/h6-7,9H,17H2,1-5H3/t9-/m0/s1. The van der Waals surface area contributed by atoms with E-state index in [1.54, 1.807) is 24.6 Å². The Kier molecular flexibility index (Phi) is 3.81. The molecule has 0 aliphatic carbocycles. The Morgan fingerprint density at radius 1 is 1.30 bits per heavy atom. The fourth-order valence-electron chi connectivity index (χ4n) is 2.13. The molecular weight excluding hydrogens is 257 g/mol. The van der Waals surface area contributed by atoms with Gasteiger partial charge in [-0.15, -0.1) is 0 Å². The first-order valence-corrected chi connectivity index (χ1v) is 6.55. The Hall–Kier alpha value is -1.88. The lowest BCUT2D eigenvalue weighted by atomic mass is 10.0. The number of aryl methyl sites for hydroxylation is 3. The van der Waals surface area contributed by atoms with Crippen molar-refractivity contribution in [2.75, 3.05) is 0 Å². The summed E-state index contributed by atoms with van der Waals surface area (Å²) in [6.07, 6.45) is 0. The SMILES string of the molecule is Cc1cc(Oc2c(C)nn(C)c2C)c([C@H](C)N)cc1F. The maximum atomic E-state index is 13.7. The highest BCUT2D eigenvalue weighted by Crippen LogP contribution is 2.34. The lowest BCUT2D eigenvalue weighted by molar-refractivity contribution is 0.460. The first kappa shape index (κ1) is 14.5. The zero-order chi connectivity index (χ0) is 15.0. The fourth-order valence-corrected chi connectivity index (χ4v) is 2.13. The maximum Gasteiger partial charge on any atom is 0.171 e. The van der Waals surface area contributed by atoms with Crippen LogP contribution in [0.2, 0.25) is 0 Å². The highest BCUT2D eigenvalue weighted by Gasteiger charge is 2.17. The molecule has 1 atom stereocenters. The molecule has 0 amide bonds. The molecule has 5 heteroatoms. The van der Waals surface area contributed by atoms with Crippen molar-refractivity contribution < 1.29 is 9.13 Å². The average molecular weight is 277 g/mol. The van der Waals surface area contributed by atoms with Crippen molar-refractivity contribution in [1.29, 1.82) is 0 Å². The Morgan fingerprint density at radius 2 is 1.95 bits per heavy atom. The van der Waals surface area contributed by atoms with Gasteiger partial charge in [0.25, 0.3) is 0 Å². The number of hydrogen-bond donors (Lipinski definition) is 1. The van der Waals surface area contributed by atoms with Crippen LogP contribution in [0.3, 0.4) is 0 Å². The normalized spacial score (nSPS) is 12.6. The highest BCUT2D eigenvalue weighted by molar-refractivity contribution is 5.44. The van der Waals surface area contributed by atoms with E-state index < -0.39 is 0 Å². The van der Waals surface area contributed by atoms with Gasteiger partial charge in [0.2, 0.25) is 0 Å². The van der Waals surface area contributed by atoms with E-state index in [0.717, 1.165) is 11.4 Å². The van der Waals surface area contributed by atoms with Crippen LogP contribution in [0.5, 0.6) is 11.5 Å². The van der Waals surface area contributed by atoms with Crippen LogP contribution in [0, 0.1) is 26.6 Å². The highest BCUT2D eigenvalue weighted by atomic mass is 19.1. The topological polar surface area (TPSA) is 53.1 Å². The molecule has 0 bridgehead atoms. The molecule has 20 heavy (non-hydrogen) atoms. The average Bonchev–Trinajstić information content (AvgIpc) is 2.60. The van der Waals surface area contributed by atoms with E-state index in [0.29, 0.717) is 22.6 Å². The smallest absolute Gasteiger partial charge is 0.171 e.